The van der Waals surface area contributed by atoms with Crippen molar-refractivity contribution in [1.82, 2.24) is 0 Å². The molecule has 0 saturated carbocycles. The topological polar surface area (TPSA) is 26.3 Å². The molecule has 2 atom stereocenters. The minimum atomic E-state index is -0.143. The number of ether oxygens (including phenoxy) is 1. The summed E-state index contributed by atoms with van der Waals surface area (Å²) in [5.74, 6) is 0.177. The van der Waals surface area contributed by atoms with Crippen LogP contribution in [0, 0.1) is 0 Å². The second-order valence-electron chi connectivity index (χ2n) is 4.54. The molecule has 0 aliphatic heterocycles. The number of carbonyl (C=O) groups excluding carboxylic acids is 1. The molecule has 0 amide bonds. The van der Waals surface area contributed by atoms with Gasteiger partial charge in [-0.2, -0.15) is 0 Å². The summed E-state index contributed by atoms with van der Waals surface area (Å²) < 4.78 is 6.53. The predicted molar refractivity (Wildman–Crippen MR) is 78.4 cm³/mol. The van der Waals surface area contributed by atoms with Crippen LogP contribution in [0.15, 0.2) is 59.1 Å². The summed E-state index contributed by atoms with van der Waals surface area (Å²) in [5.41, 5.74) is 1.83. The molecular weight excluding hydrogens is 505 g/mol. The van der Waals surface area contributed by atoms with Crippen LogP contribution >= 0.6 is 15.9 Å². The fourth-order valence-electron chi connectivity index (χ4n) is 2.14. The molecule has 2 unspecified atom stereocenters. The Morgan fingerprint density at radius 3 is 2.25 bits per heavy atom. The van der Waals surface area contributed by atoms with Gasteiger partial charge in [0.05, 0.1) is 0 Å². The van der Waals surface area contributed by atoms with E-state index in [1.807, 2.05) is 54.6 Å². The average molecular weight is 519 g/mol. The number of carbonyl (C=O) groups is 1. The predicted octanol–water partition coefficient (Wildman–Crippen LogP) is 4.35. The molecule has 2 aromatic carbocycles. The van der Waals surface area contributed by atoms with E-state index in [9.17, 15) is 4.79 Å². The SMILES string of the molecule is COC(c1ccccc1)[CH]([Hg])C(=O)c1ccc(Br)cc1. The molecule has 4 heteroatoms. The van der Waals surface area contributed by atoms with Gasteiger partial charge in [0.2, 0.25) is 0 Å². The van der Waals surface area contributed by atoms with E-state index in [1.54, 1.807) is 7.11 Å². The number of rotatable bonds is 5. The van der Waals surface area contributed by atoms with Gasteiger partial charge in [0, 0.05) is 0 Å². The van der Waals surface area contributed by atoms with Crippen molar-refractivity contribution in [3.05, 3.63) is 70.2 Å². The van der Waals surface area contributed by atoms with Crippen LogP contribution in [0.3, 0.4) is 0 Å². The van der Waals surface area contributed by atoms with Gasteiger partial charge in [-0.15, -0.1) is 0 Å². The monoisotopic (exact) mass is 519 g/mol. The van der Waals surface area contributed by atoms with Gasteiger partial charge in [-0.1, -0.05) is 0 Å². The fourth-order valence-corrected chi connectivity index (χ4v) is 5.13. The van der Waals surface area contributed by atoms with E-state index in [0.29, 0.717) is 0 Å². The number of hydrogen-bond acceptors (Lipinski definition) is 2. The summed E-state index contributed by atoms with van der Waals surface area (Å²) in [7, 11) is 1.67. The van der Waals surface area contributed by atoms with Crippen LogP contribution < -0.4 is 0 Å². The van der Waals surface area contributed by atoms with Crippen molar-refractivity contribution in [3.8, 4) is 0 Å². The number of halogens is 1. The Morgan fingerprint density at radius 1 is 1.10 bits per heavy atom. The second-order valence-corrected chi connectivity index (χ2v) is 8.88. The van der Waals surface area contributed by atoms with Crippen LogP contribution in [0.5, 0.6) is 0 Å². The third-order valence-corrected chi connectivity index (χ3v) is 6.85. The zero-order chi connectivity index (χ0) is 14.5. The number of ketones is 1. The van der Waals surface area contributed by atoms with E-state index in [-0.39, 0.29) is 41.4 Å². The first-order valence-corrected chi connectivity index (χ1v) is 10.3. The van der Waals surface area contributed by atoms with Crippen molar-refractivity contribution < 1.29 is 35.7 Å². The second kappa shape index (κ2) is 7.48. The van der Waals surface area contributed by atoms with Crippen LogP contribution in [0.1, 0.15) is 22.0 Å². The molecule has 20 heavy (non-hydrogen) atoms. The van der Waals surface area contributed by atoms with Gasteiger partial charge in [-0.25, -0.2) is 0 Å². The van der Waals surface area contributed by atoms with E-state index < -0.39 is 0 Å². The first-order chi connectivity index (χ1) is 9.63. The van der Waals surface area contributed by atoms with Gasteiger partial charge in [-0.3, -0.25) is 0 Å². The van der Waals surface area contributed by atoms with Gasteiger partial charge in [-0.05, 0) is 0 Å². The Labute approximate surface area is 143 Å². The molecule has 0 fully saturated rings. The quantitative estimate of drug-likeness (QED) is 0.435. The fraction of sp³-hybridized carbons (Fsp3) is 0.188. The van der Waals surface area contributed by atoms with Gasteiger partial charge < -0.3 is 0 Å². The van der Waals surface area contributed by atoms with Gasteiger partial charge >= 0.3 is 144 Å². The Bertz CT molecular complexity index is 569. The summed E-state index contributed by atoms with van der Waals surface area (Å²) in [4.78, 5) is 12.6. The summed E-state index contributed by atoms with van der Waals surface area (Å²) >= 11 is 3.67. The van der Waals surface area contributed by atoms with E-state index >= 15 is 0 Å². The van der Waals surface area contributed by atoms with E-state index in [2.05, 4.69) is 15.9 Å². The Balaban J connectivity index is 2.22. The number of hydrogen-bond donors (Lipinski definition) is 0. The third-order valence-electron chi connectivity index (χ3n) is 3.21. The van der Waals surface area contributed by atoms with Crippen molar-refractivity contribution in [2.45, 2.75) is 9.53 Å². The van der Waals surface area contributed by atoms with E-state index in [0.717, 1.165) is 15.6 Å². The first kappa shape index (κ1) is 15.9. The van der Waals surface area contributed by atoms with Crippen LogP contribution in [-0.2, 0) is 30.9 Å². The molecule has 0 aliphatic rings. The van der Waals surface area contributed by atoms with Crippen LogP contribution in [0.4, 0.5) is 0 Å². The molecule has 0 saturated heterocycles. The number of methoxy groups -OCH3 is 1. The molecule has 99 valence electrons. The third kappa shape index (κ3) is 3.77. The Hall–Kier alpha value is -0.515. The zero-order valence-corrected chi connectivity index (χ0v) is 18.3. The van der Waals surface area contributed by atoms with Crippen LogP contribution in [-0.4, -0.2) is 12.9 Å². The summed E-state index contributed by atoms with van der Waals surface area (Å²) in [5, 5.41) is 0. The number of benzene rings is 2. The van der Waals surface area contributed by atoms with Gasteiger partial charge in [0.15, 0.2) is 0 Å². The number of Topliss-reactive ketones (excluding diaryl/α,β-unsaturated/α-hetero) is 1. The van der Waals surface area contributed by atoms with Crippen molar-refractivity contribution >= 4 is 21.7 Å². The normalized spacial score (nSPS) is 13.8. The van der Waals surface area contributed by atoms with Crippen molar-refractivity contribution in [2.75, 3.05) is 7.11 Å². The van der Waals surface area contributed by atoms with Crippen molar-refractivity contribution in [3.63, 3.8) is 0 Å². The van der Waals surface area contributed by atoms with Gasteiger partial charge in [0.25, 0.3) is 0 Å². The minimum absolute atomic E-state index is 0.0384. The molecule has 0 radical (unpaired) electrons. The standard InChI is InChI=1S/C16H14BrO2.Hg/c1-19-16(13-5-3-2-4-6-13)11-15(18)12-7-9-14(17)10-8-12;/h2-11,16H,1H3;. The Morgan fingerprint density at radius 2 is 1.70 bits per heavy atom. The molecular formula is C16H14BrHgO2. The van der Waals surface area contributed by atoms with E-state index in [4.69, 9.17) is 4.74 Å². The van der Waals surface area contributed by atoms with Crippen molar-refractivity contribution in [2.24, 2.45) is 0 Å². The Kier molecular flexibility index (Phi) is 5.93. The molecule has 0 aromatic heterocycles. The molecule has 0 N–H and O–H groups in total. The van der Waals surface area contributed by atoms with Crippen molar-refractivity contribution in [1.29, 1.82) is 0 Å². The molecule has 0 aliphatic carbocycles. The molecule has 2 rings (SSSR count). The van der Waals surface area contributed by atoms with Gasteiger partial charge in [0.1, 0.15) is 0 Å². The van der Waals surface area contributed by atoms with E-state index in [1.165, 1.54) is 0 Å². The summed E-state index contributed by atoms with van der Waals surface area (Å²) in [6.45, 7) is 0. The van der Waals surface area contributed by atoms with Crippen LogP contribution in [0.25, 0.3) is 0 Å². The molecule has 0 spiro atoms. The maximum absolute atomic E-state index is 12.6. The zero-order valence-electron chi connectivity index (χ0n) is 11.3. The first-order valence-electron chi connectivity index (χ1n) is 6.34. The molecule has 0 bridgehead atoms. The maximum atomic E-state index is 12.6. The molecule has 2 nitrogen and oxygen atoms in total. The molecule has 2 aromatic rings. The summed E-state index contributed by atoms with van der Waals surface area (Å²) in [6.07, 6.45) is -0.143. The molecule has 0 heterocycles. The average Bonchev–Trinajstić information content (AvgIpc) is 2.49. The summed E-state index contributed by atoms with van der Waals surface area (Å²) in [6, 6.07) is 17.5. The van der Waals surface area contributed by atoms with Crippen LogP contribution in [0.2, 0.25) is 3.43 Å².